The monoisotopic (exact) mass is 318 g/mol. The number of hydrogen-bond acceptors (Lipinski definition) is 3. The average Bonchev–Trinajstić information content (AvgIpc) is 2.79. The Morgan fingerprint density at radius 2 is 1.87 bits per heavy atom. The van der Waals surface area contributed by atoms with Crippen LogP contribution in [0.1, 0.15) is 44.6 Å². The first kappa shape index (κ1) is 16.5. The van der Waals surface area contributed by atoms with Gasteiger partial charge in [0.25, 0.3) is 0 Å². The van der Waals surface area contributed by atoms with Crippen LogP contribution in [0.4, 0.5) is 0 Å². The van der Waals surface area contributed by atoms with Crippen molar-refractivity contribution in [3.05, 3.63) is 35.9 Å². The van der Waals surface area contributed by atoms with Crippen LogP contribution in [0, 0.1) is 0 Å². The maximum Gasteiger partial charge on any atom is 0.319 e. The highest BCUT2D eigenvalue weighted by Crippen LogP contribution is 2.32. The number of quaternary nitrogens is 1. The van der Waals surface area contributed by atoms with Gasteiger partial charge in [-0.1, -0.05) is 37.3 Å². The number of esters is 1. The fraction of sp³-hybridized carbons (Fsp3) is 0.632. The summed E-state index contributed by atoms with van der Waals surface area (Å²) >= 11 is 0. The minimum absolute atomic E-state index is 0.00453. The summed E-state index contributed by atoms with van der Waals surface area (Å²) in [5.74, 6) is -0.266. The van der Waals surface area contributed by atoms with Crippen molar-refractivity contribution in [2.45, 2.75) is 62.6 Å². The zero-order chi connectivity index (χ0) is 16.4. The van der Waals surface area contributed by atoms with Crippen LogP contribution < -0.4 is 4.90 Å². The quantitative estimate of drug-likeness (QED) is 0.799. The lowest BCUT2D eigenvalue weighted by Gasteiger charge is -2.36. The van der Waals surface area contributed by atoms with Gasteiger partial charge in [0, 0.05) is 25.7 Å². The first-order valence-corrected chi connectivity index (χ1v) is 8.81. The Bertz CT molecular complexity index is 527. The van der Waals surface area contributed by atoms with E-state index in [0.717, 1.165) is 18.4 Å². The van der Waals surface area contributed by atoms with E-state index in [2.05, 4.69) is 7.05 Å². The molecule has 1 aromatic rings. The van der Waals surface area contributed by atoms with E-state index in [1.54, 1.807) is 4.90 Å². The fourth-order valence-electron chi connectivity index (χ4n) is 4.38. The van der Waals surface area contributed by atoms with E-state index in [9.17, 15) is 9.90 Å². The van der Waals surface area contributed by atoms with E-state index in [1.165, 1.54) is 12.8 Å². The molecule has 0 radical (unpaired) electrons. The third kappa shape index (κ3) is 2.90. The Morgan fingerprint density at radius 3 is 2.39 bits per heavy atom. The molecule has 4 heteroatoms. The van der Waals surface area contributed by atoms with Crippen molar-refractivity contribution >= 4 is 5.97 Å². The summed E-state index contributed by atoms with van der Waals surface area (Å²) in [5.41, 5.74) is -0.0900. The van der Waals surface area contributed by atoms with Crippen molar-refractivity contribution in [2.75, 3.05) is 13.7 Å². The van der Waals surface area contributed by atoms with Gasteiger partial charge in [-0.05, 0) is 12.0 Å². The molecule has 2 saturated heterocycles. The van der Waals surface area contributed by atoms with Crippen LogP contribution in [0.15, 0.2) is 30.3 Å². The van der Waals surface area contributed by atoms with E-state index in [-0.39, 0.29) is 18.7 Å². The average molecular weight is 318 g/mol. The molecule has 4 nitrogen and oxygen atoms in total. The maximum absolute atomic E-state index is 12.9. The van der Waals surface area contributed by atoms with Crippen LogP contribution >= 0.6 is 0 Å². The second-order valence-electron chi connectivity index (χ2n) is 7.17. The van der Waals surface area contributed by atoms with Gasteiger partial charge in [0.2, 0.25) is 0 Å². The molecule has 1 aromatic carbocycles. The van der Waals surface area contributed by atoms with Crippen LogP contribution in [0.3, 0.4) is 0 Å². The molecule has 0 saturated carbocycles. The molecule has 23 heavy (non-hydrogen) atoms. The summed E-state index contributed by atoms with van der Waals surface area (Å²) in [4.78, 5) is 14.5. The summed E-state index contributed by atoms with van der Waals surface area (Å²) in [5, 5.41) is 9.98. The van der Waals surface area contributed by atoms with Gasteiger partial charge in [-0.3, -0.25) is 4.79 Å². The van der Waals surface area contributed by atoms with Crippen molar-refractivity contribution < 1.29 is 19.5 Å². The Labute approximate surface area is 138 Å². The summed E-state index contributed by atoms with van der Waals surface area (Å²) < 4.78 is 5.91. The first-order chi connectivity index (χ1) is 11.1. The Morgan fingerprint density at radius 1 is 1.26 bits per heavy atom. The predicted molar refractivity (Wildman–Crippen MR) is 88.3 cm³/mol. The highest BCUT2D eigenvalue weighted by Gasteiger charge is 2.46. The largest absolute Gasteiger partial charge is 0.461 e. The van der Waals surface area contributed by atoms with Crippen LogP contribution in [-0.2, 0) is 14.9 Å². The molecule has 2 aliphatic rings. The molecule has 2 bridgehead atoms. The van der Waals surface area contributed by atoms with Gasteiger partial charge in [-0.25, -0.2) is 0 Å². The van der Waals surface area contributed by atoms with E-state index < -0.39 is 5.41 Å². The number of aliphatic hydroxyl groups is 1. The standard InChI is InChI=1S/C19H27NO3/c1-3-19(13-21,14-7-5-4-6-8-14)18(22)23-17-11-15-9-10-16(12-17)20(15)2/h4-8,15-17,21H,3,9-13H2,1-2H3/p+1/t15-,16+,17?,19-/m1/s1. The maximum atomic E-state index is 12.9. The minimum Gasteiger partial charge on any atom is -0.461 e. The molecule has 2 unspecified atom stereocenters. The highest BCUT2D eigenvalue weighted by molar-refractivity contribution is 5.83. The normalized spacial score (nSPS) is 32.3. The molecule has 0 aliphatic carbocycles. The third-order valence-electron chi connectivity index (χ3n) is 6.11. The third-order valence-corrected chi connectivity index (χ3v) is 6.11. The van der Waals surface area contributed by atoms with Crippen LogP contribution in [0.5, 0.6) is 0 Å². The van der Waals surface area contributed by atoms with Crippen molar-refractivity contribution in [3.63, 3.8) is 0 Å². The molecule has 2 heterocycles. The number of hydrogen-bond donors (Lipinski definition) is 2. The van der Waals surface area contributed by atoms with Gasteiger partial charge in [0.05, 0.1) is 25.7 Å². The zero-order valence-electron chi connectivity index (χ0n) is 14.1. The van der Waals surface area contributed by atoms with Gasteiger partial charge < -0.3 is 14.7 Å². The molecule has 0 spiro atoms. The summed E-state index contributed by atoms with van der Waals surface area (Å²) in [7, 11) is 2.26. The predicted octanol–water partition coefficient (Wildman–Crippen LogP) is 1.08. The summed E-state index contributed by atoms with van der Waals surface area (Å²) in [6, 6.07) is 10.8. The fourth-order valence-corrected chi connectivity index (χ4v) is 4.38. The molecule has 2 fully saturated rings. The number of benzene rings is 1. The number of carbonyl (C=O) groups excluding carboxylic acids is 1. The lowest BCUT2D eigenvalue weighted by molar-refractivity contribution is -0.923. The number of rotatable bonds is 5. The molecule has 2 N–H and O–H groups in total. The van der Waals surface area contributed by atoms with Crippen LogP contribution in [0.2, 0.25) is 0 Å². The van der Waals surface area contributed by atoms with Crippen molar-refractivity contribution in [1.82, 2.24) is 0 Å². The van der Waals surface area contributed by atoms with Gasteiger partial charge in [0.15, 0.2) is 0 Å². The van der Waals surface area contributed by atoms with E-state index in [1.807, 2.05) is 37.3 Å². The number of carbonyl (C=O) groups is 1. The molecule has 5 atom stereocenters. The van der Waals surface area contributed by atoms with Crippen molar-refractivity contribution in [2.24, 2.45) is 0 Å². The first-order valence-electron chi connectivity index (χ1n) is 8.81. The zero-order valence-corrected chi connectivity index (χ0v) is 14.1. The number of nitrogens with one attached hydrogen (secondary N) is 1. The second kappa shape index (κ2) is 6.62. The summed E-state index contributed by atoms with van der Waals surface area (Å²) in [6.07, 6.45) is 4.92. The van der Waals surface area contributed by atoms with Gasteiger partial charge >= 0.3 is 5.97 Å². The topological polar surface area (TPSA) is 51.0 Å². The second-order valence-corrected chi connectivity index (χ2v) is 7.17. The molecule has 3 rings (SSSR count). The van der Waals surface area contributed by atoms with Gasteiger partial charge in [-0.2, -0.15) is 0 Å². The van der Waals surface area contributed by atoms with E-state index in [0.29, 0.717) is 18.5 Å². The molecule has 126 valence electrons. The number of aliphatic hydroxyl groups excluding tert-OH is 1. The van der Waals surface area contributed by atoms with E-state index in [4.69, 9.17) is 4.74 Å². The van der Waals surface area contributed by atoms with Crippen molar-refractivity contribution in [1.29, 1.82) is 0 Å². The molecular weight excluding hydrogens is 290 g/mol. The smallest absolute Gasteiger partial charge is 0.319 e. The van der Waals surface area contributed by atoms with Gasteiger partial charge in [-0.15, -0.1) is 0 Å². The van der Waals surface area contributed by atoms with Crippen molar-refractivity contribution in [3.8, 4) is 0 Å². The Balaban J connectivity index is 1.75. The Kier molecular flexibility index (Phi) is 4.74. The lowest BCUT2D eigenvalue weighted by Crippen LogP contribution is -3.15. The highest BCUT2D eigenvalue weighted by atomic mass is 16.5. The number of fused-ring (bicyclic) bond motifs is 2. The van der Waals surface area contributed by atoms with Crippen LogP contribution in [0.25, 0.3) is 0 Å². The number of ether oxygens (including phenoxy) is 1. The van der Waals surface area contributed by atoms with E-state index >= 15 is 0 Å². The minimum atomic E-state index is -0.934. The lowest BCUT2D eigenvalue weighted by atomic mass is 9.78. The SMILES string of the molecule is CC[C@](CO)(C(=O)OC1C[C@H]2CC[C@@H](C1)[NH+]2C)c1ccccc1. The van der Waals surface area contributed by atoms with Gasteiger partial charge in [0.1, 0.15) is 11.5 Å². The number of piperidine rings is 1. The molecule has 2 aliphatic heterocycles. The molecular formula is C19H28NO3+. The Hall–Kier alpha value is -1.39. The molecule has 0 aromatic heterocycles. The van der Waals surface area contributed by atoms with Crippen LogP contribution in [-0.4, -0.2) is 42.9 Å². The summed E-state index contributed by atoms with van der Waals surface area (Å²) in [6.45, 7) is 1.73. The molecule has 0 amide bonds.